The number of hydrogen-bond acceptors (Lipinski definition) is 8. The fourth-order valence-corrected chi connectivity index (χ4v) is 2.44. The Balaban J connectivity index is 1.66. The third-order valence-corrected chi connectivity index (χ3v) is 3.91. The summed E-state index contributed by atoms with van der Waals surface area (Å²) in [5.41, 5.74) is 0. The Morgan fingerprint density at radius 1 is 1.35 bits per heavy atom. The lowest BCUT2D eigenvalue weighted by Gasteiger charge is -2.08. The standard InChI is InChI=1S/C16H20N4O5S/c1-10(2)8-17-16(23)18-12(21)9-24-14(22)6-5-13-19-15(20-25-13)11-4-3-7-26-11/h3-4,7,10H,5-6,8-9H2,1-2H3,(H2,17,18,21,23). The Morgan fingerprint density at radius 2 is 2.15 bits per heavy atom. The molecule has 0 spiro atoms. The second kappa shape index (κ2) is 9.66. The van der Waals surface area contributed by atoms with Gasteiger partial charge in [-0.2, -0.15) is 4.98 Å². The summed E-state index contributed by atoms with van der Waals surface area (Å²) in [6.45, 7) is 3.77. The molecule has 3 amide bonds. The number of imide groups is 1. The van der Waals surface area contributed by atoms with E-state index in [-0.39, 0.29) is 18.8 Å². The quantitative estimate of drug-likeness (QED) is 0.669. The molecule has 0 aliphatic carbocycles. The number of urea groups is 1. The van der Waals surface area contributed by atoms with Gasteiger partial charge in [-0.1, -0.05) is 25.1 Å². The van der Waals surface area contributed by atoms with Gasteiger partial charge in [-0.15, -0.1) is 11.3 Å². The van der Waals surface area contributed by atoms with Crippen LogP contribution in [-0.2, 0) is 20.7 Å². The zero-order valence-electron chi connectivity index (χ0n) is 14.5. The van der Waals surface area contributed by atoms with E-state index in [0.717, 1.165) is 4.88 Å². The Kier molecular flexibility index (Phi) is 7.27. The minimum atomic E-state index is -0.697. The molecule has 9 nitrogen and oxygen atoms in total. The first-order valence-corrected chi connectivity index (χ1v) is 8.91. The molecule has 2 heterocycles. The molecule has 2 rings (SSSR count). The van der Waals surface area contributed by atoms with E-state index in [0.29, 0.717) is 18.3 Å². The number of carbonyl (C=O) groups is 3. The second-order valence-electron chi connectivity index (χ2n) is 5.80. The number of aromatic nitrogens is 2. The van der Waals surface area contributed by atoms with E-state index in [9.17, 15) is 14.4 Å². The Labute approximate surface area is 154 Å². The van der Waals surface area contributed by atoms with Crippen LogP contribution < -0.4 is 10.6 Å². The van der Waals surface area contributed by atoms with Gasteiger partial charge in [0.25, 0.3) is 5.91 Å². The summed E-state index contributed by atoms with van der Waals surface area (Å²) < 4.78 is 9.88. The third-order valence-electron chi connectivity index (χ3n) is 3.04. The average Bonchev–Trinajstić information content (AvgIpc) is 3.27. The van der Waals surface area contributed by atoms with Crippen LogP contribution in [0.4, 0.5) is 4.79 Å². The van der Waals surface area contributed by atoms with Crippen LogP contribution in [0.25, 0.3) is 10.7 Å². The van der Waals surface area contributed by atoms with E-state index in [1.54, 1.807) is 0 Å². The van der Waals surface area contributed by atoms with E-state index >= 15 is 0 Å². The number of amides is 3. The highest BCUT2D eigenvalue weighted by molar-refractivity contribution is 7.13. The number of ether oxygens (including phenoxy) is 1. The van der Waals surface area contributed by atoms with Gasteiger partial charge in [0.05, 0.1) is 11.3 Å². The molecule has 0 aromatic carbocycles. The first-order chi connectivity index (χ1) is 12.4. The van der Waals surface area contributed by atoms with Crippen LogP contribution in [0.2, 0.25) is 0 Å². The summed E-state index contributed by atoms with van der Waals surface area (Å²) in [6.07, 6.45) is 0.187. The molecule has 0 saturated heterocycles. The van der Waals surface area contributed by atoms with Crippen LogP contribution in [0.15, 0.2) is 22.0 Å². The number of rotatable bonds is 8. The summed E-state index contributed by atoms with van der Waals surface area (Å²) in [5, 5.41) is 10.3. The summed E-state index contributed by atoms with van der Waals surface area (Å²) in [7, 11) is 0. The molecular formula is C16H20N4O5S. The van der Waals surface area contributed by atoms with Crippen LogP contribution in [0.3, 0.4) is 0 Å². The Hall–Kier alpha value is -2.75. The molecule has 2 N–H and O–H groups in total. The fourth-order valence-electron chi connectivity index (χ4n) is 1.79. The van der Waals surface area contributed by atoms with Crippen molar-refractivity contribution in [2.75, 3.05) is 13.2 Å². The van der Waals surface area contributed by atoms with Crippen molar-refractivity contribution in [2.24, 2.45) is 5.92 Å². The van der Waals surface area contributed by atoms with E-state index in [4.69, 9.17) is 9.26 Å². The van der Waals surface area contributed by atoms with Gasteiger partial charge in [-0.25, -0.2) is 4.79 Å². The molecule has 0 aliphatic rings. The molecule has 0 bridgehead atoms. The van der Waals surface area contributed by atoms with Crippen molar-refractivity contribution in [3.05, 3.63) is 23.4 Å². The molecule has 0 unspecified atom stereocenters. The Morgan fingerprint density at radius 3 is 2.85 bits per heavy atom. The van der Waals surface area contributed by atoms with Gasteiger partial charge in [0.1, 0.15) is 0 Å². The van der Waals surface area contributed by atoms with E-state index in [1.807, 2.05) is 31.4 Å². The average molecular weight is 380 g/mol. The predicted molar refractivity (Wildman–Crippen MR) is 93.3 cm³/mol. The molecule has 0 aliphatic heterocycles. The lowest BCUT2D eigenvalue weighted by molar-refractivity contribution is -0.148. The van der Waals surface area contributed by atoms with Crippen molar-refractivity contribution < 1.29 is 23.6 Å². The number of esters is 1. The van der Waals surface area contributed by atoms with Crippen molar-refractivity contribution in [3.8, 4) is 10.7 Å². The van der Waals surface area contributed by atoms with Crippen LogP contribution >= 0.6 is 11.3 Å². The normalized spacial score (nSPS) is 10.6. The maximum absolute atomic E-state index is 11.7. The summed E-state index contributed by atoms with van der Waals surface area (Å²) in [5.74, 6) is -0.257. The van der Waals surface area contributed by atoms with Gasteiger partial charge in [-0.3, -0.25) is 14.9 Å². The summed E-state index contributed by atoms with van der Waals surface area (Å²) >= 11 is 1.48. The topological polar surface area (TPSA) is 123 Å². The Bertz CT molecular complexity index is 742. The highest BCUT2D eigenvalue weighted by Crippen LogP contribution is 2.21. The van der Waals surface area contributed by atoms with Crippen LogP contribution in [-0.4, -0.2) is 41.2 Å². The van der Waals surface area contributed by atoms with Gasteiger partial charge in [0, 0.05) is 13.0 Å². The first-order valence-electron chi connectivity index (χ1n) is 8.04. The van der Waals surface area contributed by atoms with Gasteiger partial charge in [0.15, 0.2) is 6.61 Å². The second-order valence-corrected chi connectivity index (χ2v) is 6.75. The number of carbonyl (C=O) groups excluding carboxylic acids is 3. The molecule has 0 saturated carbocycles. The van der Waals surface area contributed by atoms with E-state index < -0.39 is 24.5 Å². The largest absolute Gasteiger partial charge is 0.456 e. The summed E-state index contributed by atoms with van der Waals surface area (Å²) in [4.78, 5) is 39.6. The van der Waals surface area contributed by atoms with Gasteiger partial charge >= 0.3 is 12.0 Å². The summed E-state index contributed by atoms with van der Waals surface area (Å²) in [6, 6.07) is 3.12. The lowest BCUT2D eigenvalue weighted by Crippen LogP contribution is -2.42. The molecule has 140 valence electrons. The highest BCUT2D eigenvalue weighted by Gasteiger charge is 2.14. The van der Waals surface area contributed by atoms with Crippen molar-refractivity contribution in [1.29, 1.82) is 0 Å². The van der Waals surface area contributed by atoms with E-state index in [1.165, 1.54) is 11.3 Å². The van der Waals surface area contributed by atoms with Crippen molar-refractivity contribution in [2.45, 2.75) is 26.7 Å². The minimum Gasteiger partial charge on any atom is -0.456 e. The number of nitrogens with zero attached hydrogens (tertiary/aromatic N) is 2. The number of thiophene rings is 1. The zero-order chi connectivity index (χ0) is 18.9. The van der Waals surface area contributed by atoms with E-state index in [2.05, 4.69) is 20.8 Å². The smallest absolute Gasteiger partial charge is 0.321 e. The van der Waals surface area contributed by atoms with Gasteiger partial charge < -0.3 is 14.6 Å². The molecular weight excluding hydrogens is 360 g/mol. The molecule has 2 aromatic heterocycles. The molecule has 0 radical (unpaired) electrons. The monoisotopic (exact) mass is 380 g/mol. The van der Waals surface area contributed by atoms with Gasteiger partial charge in [0.2, 0.25) is 11.7 Å². The lowest BCUT2D eigenvalue weighted by atomic mass is 10.2. The van der Waals surface area contributed by atoms with Crippen molar-refractivity contribution >= 4 is 29.2 Å². The molecule has 0 fully saturated rings. The van der Waals surface area contributed by atoms with Crippen LogP contribution in [0, 0.1) is 5.92 Å². The highest BCUT2D eigenvalue weighted by atomic mass is 32.1. The predicted octanol–water partition coefficient (Wildman–Crippen LogP) is 1.76. The molecule has 2 aromatic rings. The SMILES string of the molecule is CC(C)CNC(=O)NC(=O)COC(=O)CCc1nc(-c2cccs2)no1. The molecule has 26 heavy (non-hydrogen) atoms. The van der Waals surface area contributed by atoms with Gasteiger partial charge in [-0.05, 0) is 17.4 Å². The maximum atomic E-state index is 11.7. The number of nitrogens with one attached hydrogen (secondary N) is 2. The maximum Gasteiger partial charge on any atom is 0.321 e. The molecule has 0 atom stereocenters. The third kappa shape index (κ3) is 6.63. The minimum absolute atomic E-state index is 0.0150. The number of hydrogen-bond donors (Lipinski definition) is 2. The van der Waals surface area contributed by atoms with Crippen LogP contribution in [0.5, 0.6) is 0 Å². The number of aryl methyl sites for hydroxylation is 1. The fraction of sp³-hybridized carbons (Fsp3) is 0.438. The van der Waals surface area contributed by atoms with Crippen LogP contribution in [0.1, 0.15) is 26.2 Å². The zero-order valence-corrected chi connectivity index (χ0v) is 15.3. The molecule has 10 heteroatoms. The van der Waals surface area contributed by atoms with Crippen molar-refractivity contribution in [1.82, 2.24) is 20.8 Å². The van der Waals surface area contributed by atoms with Crippen molar-refractivity contribution in [3.63, 3.8) is 0 Å². The first kappa shape index (κ1) is 19.6.